The van der Waals surface area contributed by atoms with Gasteiger partial charge in [-0.1, -0.05) is 11.6 Å². The molecule has 0 aliphatic heterocycles. The van der Waals surface area contributed by atoms with Gasteiger partial charge in [0.25, 0.3) is 0 Å². The Labute approximate surface area is 130 Å². The molecular formula is C14H10ClF2N3O2. The molecule has 0 saturated carbocycles. The van der Waals surface area contributed by atoms with Gasteiger partial charge in [-0.15, -0.1) is 0 Å². The average Bonchev–Trinajstić information content (AvgIpc) is 2.49. The molecule has 0 unspecified atom stereocenters. The van der Waals surface area contributed by atoms with Crippen molar-refractivity contribution in [1.82, 2.24) is 4.98 Å². The van der Waals surface area contributed by atoms with Crippen LogP contribution in [-0.2, 0) is 0 Å². The second kappa shape index (κ2) is 6.91. The molecule has 0 amide bonds. The van der Waals surface area contributed by atoms with E-state index in [0.717, 1.165) is 0 Å². The topological polar surface area (TPSA) is 67.2 Å². The number of rotatable bonds is 5. The average molecular weight is 326 g/mol. The highest BCUT2D eigenvalue weighted by atomic mass is 35.5. The number of hydrogen-bond acceptors (Lipinski definition) is 5. The summed E-state index contributed by atoms with van der Waals surface area (Å²) in [6.07, 6.45) is 0. The lowest BCUT2D eigenvalue weighted by Gasteiger charge is -2.12. The summed E-state index contributed by atoms with van der Waals surface area (Å²) < 4.78 is 34.1. The van der Waals surface area contributed by atoms with E-state index >= 15 is 0 Å². The molecule has 0 aliphatic carbocycles. The third kappa shape index (κ3) is 3.74. The summed E-state index contributed by atoms with van der Waals surface area (Å²) in [5, 5.41) is 12.0. The van der Waals surface area contributed by atoms with E-state index in [1.807, 2.05) is 6.07 Å². The molecule has 22 heavy (non-hydrogen) atoms. The quantitative estimate of drug-likeness (QED) is 0.901. The van der Waals surface area contributed by atoms with Gasteiger partial charge in [-0.05, 0) is 24.3 Å². The number of nitriles is 1. The normalized spacial score (nSPS) is 10.2. The molecule has 1 N–H and O–H groups in total. The number of hydrogen-bond donors (Lipinski definition) is 1. The fourth-order valence-electron chi connectivity index (χ4n) is 1.68. The summed E-state index contributed by atoms with van der Waals surface area (Å²) in [5.41, 5.74) is 0.499. The summed E-state index contributed by atoms with van der Waals surface area (Å²) in [7, 11) is 1.35. The van der Waals surface area contributed by atoms with Crippen LogP contribution < -0.4 is 14.8 Å². The van der Waals surface area contributed by atoms with Gasteiger partial charge in [0.2, 0.25) is 0 Å². The second-order valence-electron chi connectivity index (χ2n) is 4.01. The smallest absolute Gasteiger partial charge is 0.387 e. The lowest BCUT2D eigenvalue weighted by Crippen LogP contribution is -2.04. The Morgan fingerprint density at radius 1 is 1.27 bits per heavy atom. The van der Waals surface area contributed by atoms with Crippen molar-refractivity contribution in [2.75, 3.05) is 12.4 Å². The predicted molar refractivity (Wildman–Crippen MR) is 76.9 cm³/mol. The minimum Gasteiger partial charge on any atom is -0.493 e. The van der Waals surface area contributed by atoms with Crippen molar-refractivity contribution in [3.63, 3.8) is 0 Å². The van der Waals surface area contributed by atoms with E-state index in [4.69, 9.17) is 21.6 Å². The molecule has 0 spiro atoms. The number of ether oxygens (including phenoxy) is 2. The predicted octanol–water partition coefficient (Wildman–Crippen LogP) is 3.96. The summed E-state index contributed by atoms with van der Waals surface area (Å²) in [5.74, 6) is 0.402. The summed E-state index contributed by atoms with van der Waals surface area (Å²) in [6.45, 7) is -2.97. The minimum atomic E-state index is -2.97. The van der Waals surface area contributed by atoms with Gasteiger partial charge in [-0.2, -0.15) is 14.0 Å². The zero-order chi connectivity index (χ0) is 16.1. The number of benzene rings is 1. The molecule has 0 radical (unpaired) electrons. The lowest BCUT2D eigenvalue weighted by molar-refractivity contribution is -0.0511. The fourth-order valence-corrected chi connectivity index (χ4v) is 1.83. The van der Waals surface area contributed by atoms with Crippen molar-refractivity contribution >= 4 is 23.1 Å². The van der Waals surface area contributed by atoms with Gasteiger partial charge in [0.1, 0.15) is 11.9 Å². The Kier molecular flexibility index (Phi) is 4.96. The molecule has 1 heterocycles. The van der Waals surface area contributed by atoms with E-state index in [-0.39, 0.29) is 22.2 Å². The van der Waals surface area contributed by atoms with Crippen molar-refractivity contribution in [2.45, 2.75) is 6.61 Å². The molecular weight excluding hydrogens is 316 g/mol. The van der Waals surface area contributed by atoms with Gasteiger partial charge < -0.3 is 14.8 Å². The van der Waals surface area contributed by atoms with E-state index < -0.39 is 6.61 Å². The number of alkyl halides is 2. The Morgan fingerprint density at radius 3 is 2.68 bits per heavy atom. The number of nitrogens with zero attached hydrogens (tertiary/aromatic N) is 2. The van der Waals surface area contributed by atoms with Crippen LogP contribution >= 0.6 is 11.6 Å². The fraction of sp³-hybridized carbons (Fsp3) is 0.143. The van der Waals surface area contributed by atoms with Crippen molar-refractivity contribution in [3.8, 4) is 17.6 Å². The molecule has 2 aromatic rings. The standard InChI is InChI=1S/C14H10ClF2N3O2/c1-21-11-4-2-8(6-12(11)22-14(16)17)19-13-5-3-9(15)10(7-18)20-13/h2-6,14H,1H3,(H,19,20). The first-order valence-corrected chi connectivity index (χ1v) is 6.38. The van der Waals surface area contributed by atoms with Crippen LogP contribution in [0.5, 0.6) is 11.5 Å². The maximum Gasteiger partial charge on any atom is 0.387 e. The highest BCUT2D eigenvalue weighted by Gasteiger charge is 2.12. The zero-order valence-corrected chi connectivity index (χ0v) is 12.1. The number of pyridine rings is 1. The maximum atomic E-state index is 12.4. The number of aromatic nitrogens is 1. The van der Waals surface area contributed by atoms with Gasteiger partial charge in [0, 0.05) is 11.8 Å². The monoisotopic (exact) mass is 325 g/mol. The summed E-state index contributed by atoms with van der Waals surface area (Å²) in [6, 6.07) is 9.33. The van der Waals surface area contributed by atoms with E-state index in [2.05, 4.69) is 15.0 Å². The first-order valence-electron chi connectivity index (χ1n) is 6.00. The van der Waals surface area contributed by atoms with Gasteiger partial charge in [-0.3, -0.25) is 0 Å². The molecule has 0 fully saturated rings. The van der Waals surface area contributed by atoms with Crippen LogP contribution in [0.4, 0.5) is 20.3 Å². The molecule has 5 nitrogen and oxygen atoms in total. The molecule has 0 bridgehead atoms. The number of nitrogens with one attached hydrogen (secondary N) is 1. The third-order valence-corrected chi connectivity index (χ3v) is 2.91. The van der Waals surface area contributed by atoms with Crippen LogP contribution in [0.1, 0.15) is 5.69 Å². The molecule has 0 saturated heterocycles. The molecule has 8 heteroatoms. The summed E-state index contributed by atoms with van der Waals surface area (Å²) in [4.78, 5) is 3.99. The SMILES string of the molecule is COc1ccc(Nc2ccc(Cl)c(C#N)n2)cc1OC(F)F. The van der Waals surface area contributed by atoms with Crippen LogP contribution in [0.25, 0.3) is 0 Å². The zero-order valence-electron chi connectivity index (χ0n) is 11.3. The van der Waals surface area contributed by atoms with Crippen LogP contribution in [0.3, 0.4) is 0 Å². The van der Waals surface area contributed by atoms with Gasteiger partial charge in [0.15, 0.2) is 17.2 Å². The Bertz CT molecular complexity index is 720. The van der Waals surface area contributed by atoms with Crippen molar-refractivity contribution in [3.05, 3.63) is 41.0 Å². The Morgan fingerprint density at radius 2 is 2.05 bits per heavy atom. The largest absolute Gasteiger partial charge is 0.493 e. The van der Waals surface area contributed by atoms with E-state index in [9.17, 15) is 8.78 Å². The van der Waals surface area contributed by atoms with E-state index in [0.29, 0.717) is 11.5 Å². The van der Waals surface area contributed by atoms with Crippen LogP contribution in [0.15, 0.2) is 30.3 Å². The van der Waals surface area contributed by atoms with Crippen molar-refractivity contribution < 1.29 is 18.3 Å². The molecule has 0 atom stereocenters. The number of halogens is 3. The minimum absolute atomic E-state index is 0.0595. The Hall–Kier alpha value is -2.59. The van der Waals surface area contributed by atoms with Gasteiger partial charge in [-0.25, -0.2) is 4.98 Å². The number of methoxy groups -OCH3 is 1. The first-order chi connectivity index (χ1) is 10.5. The van der Waals surface area contributed by atoms with E-state index in [1.54, 1.807) is 12.1 Å². The maximum absolute atomic E-state index is 12.4. The molecule has 1 aromatic heterocycles. The number of anilines is 2. The van der Waals surface area contributed by atoms with Crippen LogP contribution in [0.2, 0.25) is 5.02 Å². The van der Waals surface area contributed by atoms with Crippen molar-refractivity contribution in [1.29, 1.82) is 5.26 Å². The van der Waals surface area contributed by atoms with E-state index in [1.165, 1.54) is 25.3 Å². The highest BCUT2D eigenvalue weighted by molar-refractivity contribution is 6.31. The Balaban J connectivity index is 2.28. The highest BCUT2D eigenvalue weighted by Crippen LogP contribution is 2.32. The van der Waals surface area contributed by atoms with Crippen LogP contribution in [0, 0.1) is 11.3 Å². The van der Waals surface area contributed by atoms with Gasteiger partial charge in [0.05, 0.1) is 12.1 Å². The molecule has 114 valence electrons. The molecule has 2 rings (SSSR count). The van der Waals surface area contributed by atoms with Crippen LogP contribution in [-0.4, -0.2) is 18.7 Å². The lowest BCUT2D eigenvalue weighted by atomic mass is 10.2. The second-order valence-corrected chi connectivity index (χ2v) is 4.42. The first kappa shape index (κ1) is 15.8. The summed E-state index contributed by atoms with van der Waals surface area (Å²) >= 11 is 5.79. The third-order valence-electron chi connectivity index (χ3n) is 2.60. The molecule has 1 aromatic carbocycles. The van der Waals surface area contributed by atoms with Crippen molar-refractivity contribution in [2.24, 2.45) is 0 Å². The molecule has 0 aliphatic rings. The van der Waals surface area contributed by atoms with Gasteiger partial charge >= 0.3 is 6.61 Å².